The quantitative estimate of drug-likeness (QED) is 0.405. The van der Waals surface area contributed by atoms with Crippen LogP contribution < -0.4 is 10.2 Å². The van der Waals surface area contributed by atoms with Crippen molar-refractivity contribution in [1.29, 1.82) is 0 Å². The zero-order chi connectivity index (χ0) is 16.9. The Morgan fingerprint density at radius 2 is 2.08 bits per heavy atom. The summed E-state index contributed by atoms with van der Waals surface area (Å²) < 4.78 is 0. The van der Waals surface area contributed by atoms with Crippen molar-refractivity contribution in [3.63, 3.8) is 0 Å². The fourth-order valence-corrected chi connectivity index (χ4v) is 3.72. The molecule has 0 spiro atoms. The number of halogens is 2. The topological polar surface area (TPSA) is 43.8 Å². The molecule has 8 heteroatoms. The summed E-state index contributed by atoms with van der Waals surface area (Å²) >= 11 is 7.78. The van der Waals surface area contributed by atoms with Crippen LogP contribution in [0.5, 0.6) is 0 Å². The summed E-state index contributed by atoms with van der Waals surface area (Å²) in [5.41, 5.74) is 2.25. The highest BCUT2D eigenvalue weighted by Gasteiger charge is 2.20. The number of hydrogen-bond acceptors (Lipinski definition) is 4. The van der Waals surface area contributed by atoms with Gasteiger partial charge in [0.1, 0.15) is 5.01 Å². The molecular formula is C17H23ClIN5S. The Labute approximate surface area is 175 Å². The third-order valence-electron chi connectivity index (χ3n) is 4.03. The molecule has 0 radical (unpaired) electrons. The van der Waals surface area contributed by atoms with Gasteiger partial charge < -0.3 is 15.1 Å². The number of hydrogen-bond donors (Lipinski definition) is 1. The molecule has 1 aliphatic rings. The summed E-state index contributed by atoms with van der Waals surface area (Å²) in [5.74, 6) is 0.939. The van der Waals surface area contributed by atoms with Crippen molar-refractivity contribution in [2.45, 2.75) is 13.5 Å². The van der Waals surface area contributed by atoms with Gasteiger partial charge in [0, 0.05) is 55.0 Å². The predicted molar refractivity (Wildman–Crippen MR) is 118 cm³/mol. The number of piperazine rings is 1. The Balaban J connectivity index is 0.00000225. The molecule has 2 aromatic rings. The summed E-state index contributed by atoms with van der Waals surface area (Å²) in [7, 11) is 1.83. The molecule has 1 aromatic heterocycles. The molecule has 3 rings (SSSR count). The molecule has 0 amide bonds. The fourth-order valence-electron chi connectivity index (χ4n) is 2.82. The molecule has 0 unspecified atom stereocenters. The minimum Gasteiger partial charge on any atom is -0.368 e. The van der Waals surface area contributed by atoms with Gasteiger partial charge in [0.2, 0.25) is 0 Å². The number of anilines is 1. The fraction of sp³-hybridized carbons (Fsp3) is 0.412. The average molecular weight is 492 g/mol. The van der Waals surface area contributed by atoms with Crippen LogP contribution in [0.3, 0.4) is 0 Å². The number of benzene rings is 1. The summed E-state index contributed by atoms with van der Waals surface area (Å²) in [6, 6.07) is 8.04. The summed E-state index contributed by atoms with van der Waals surface area (Å²) in [6.45, 7) is 6.52. The van der Waals surface area contributed by atoms with Crippen LogP contribution in [0, 0.1) is 6.92 Å². The van der Waals surface area contributed by atoms with E-state index < -0.39 is 0 Å². The maximum Gasteiger partial charge on any atom is 0.194 e. The molecule has 0 bridgehead atoms. The van der Waals surface area contributed by atoms with Crippen molar-refractivity contribution in [3.05, 3.63) is 45.4 Å². The number of rotatable bonds is 3. The van der Waals surface area contributed by atoms with Crippen LogP contribution >= 0.6 is 46.9 Å². The number of guanidine groups is 1. The van der Waals surface area contributed by atoms with Crippen LogP contribution in [0.4, 0.5) is 5.69 Å². The van der Waals surface area contributed by atoms with E-state index in [9.17, 15) is 0 Å². The maximum atomic E-state index is 6.10. The number of aliphatic imine (C=N–C) groups is 1. The lowest BCUT2D eigenvalue weighted by Crippen LogP contribution is -2.52. The van der Waals surface area contributed by atoms with Crippen LogP contribution in [0.15, 0.2) is 34.6 Å². The third-order valence-corrected chi connectivity index (χ3v) is 5.23. The van der Waals surface area contributed by atoms with Gasteiger partial charge in [-0.25, -0.2) is 4.98 Å². The van der Waals surface area contributed by atoms with Crippen LogP contribution in [0.25, 0.3) is 0 Å². The highest BCUT2D eigenvalue weighted by molar-refractivity contribution is 14.0. The van der Waals surface area contributed by atoms with Gasteiger partial charge in [-0.3, -0.25) is 4.99 Å². The Morgan fingerprint density at radius 1 is 1.32 bits per heavy atom. The average Bonchev–Trinajstić information content (AvgIpc) is 3.01. The maximum absolute atomic E-state index is 6.10. The predicted octanol–water partition coefficient (Wildman–Crippen LogP) is 3.62. The molecule has 0 saturated carbocycles. The molecule has 0 aliphatic carbocycles. The second-order valence-electron chi connectivity index (χ2n) is 5.74. The van der Waals surface area contributed by atoms with Crippen molar-refractivity contribution >= 4 is 58.6 Å². The first-order valence-corrected chi connectivity index (χ1v) is 9.28. The first-order chi connectivity index (χ1) is 11.7. The van der Waals surface area contributed by atoms with E-state index >= 15 is 0 Å². The minimum absolute atomic E-state index is 0. The first kappa shape index (κ1) is 20.3. The molecule has 5 nitrogen and oxygen atoms in total. The molecule has 1 aliphatic heterocycles. The van der Waals surface area contributed by atoms with Crippen LogP contribution in [-0.4, -0.2) is 49.1 Å². The van der Waals surface area contributed by atoms with Crippen molar-refractivity contribution < 1.29 is 0 Å². The number of aromatic nitrogens is 1. The molecule has 1 aromatic carbocycles. The number of thiazole rings is 1. The van der Waals surface area contributed by atoms with Gasteiger partial charge in [0.05, 0.1) is 6.54 Å². The van der Waals surface area contributed by atoms with E-state index in [4.69, 9.17) is 11.6 Å². The number of nitrogens with one attached hydrogen (secondary N) is 1. The molecule has 2 heterocycles. The normalized spacial score (nSPS) is 15.1. The summed E-state index contributed by atoms with van der Waals surface area (Å²) in [4.78, 5) is 13.6. The van der Waals surface area contributed by atoms with Gasteiger partial charge in [0.25, 0.3) is 0 Å². The Hall–Kier alpha value is -1.06. The monoisotopic (exact) mass is 491 g/mol. The van der Waals surface area contributed by atoms with E-state index in [1.807, 2.05) is 32.2 Å². The van der Waals surface area contributed by atoms with Gasteiger partial charge in [-0.05, 0) is 25.1 Å². The molecule has 1 N–H and O–H groups in total. The first-order valence-electron chi connectivity index (χ1n) is 8.03. The van der Waals surface area contributed by atoms with Crippen molar-refractivity contribution in [2.75, 3.05) is 38.1 Å². The van der Waals surface area contributed by atoms with E-state index in [2.05, 4.69) is 36.5 Å². The molecule has 25 heavy (non-hydrogen) atoms. The van der Waals surface area contributed by atoms with Gasteiger partial charge >= 0.3 is 0 Å². The molecule has 0 atom stereocenters. The van der Waals surface area contributed by atoms with Crippen molar-refractivity contribution in [1.82, 2.24) is 15.2 Å². The Kier molecular flexibility index (Phi) is 7.77. The third kappa shape index (κ3) is 5.46. The van der Waals surface area contributed by atoms with E-state index in [-0.39, 0.29) is 24.0 Å². The number of aryl methyl sites for hydroxylation is 1. The Bertz CT molecular complexity index is 713. The van der Waals surface area contributed by atoms with E-state index in [0.29, 0.717) is 0 Å². The zero-order valence-corrected chi connectivity index (χ0v) is 18.3. The second-order valence-corrected chi connectivity index (χ2v) is 7.12. The summed E-state index contributed by atoms with van der Waals surface area (Å²) in [5, 5.41) is 7.36. The van der Waals surface area contributed by atoms with Crippen molar-refractivity contribution in [3.8, 4) is 0 Å². The highest BCUT2D eigenvalue weighted by atomic mass is 127. The lowest BCUT2D eigenvalue weighted by atomic mass is 10.2. The lowest BCUT2D eigenvalue weighted by Gasteiger charge is -2.37. The van der Waals surface area contributed by atoms with Crippen LogP contribution in [0.2, 0.25) is 5.02 Å². The number of nitrogens with zero attached hydrogens (tertiary/aromatic N) is 4. The van der Waals surface area contributed by atoms with Crippen LogP contribution in [0.1, 0.15) is 10.7 Å². The Morgan fingerprint density at radius 3 is 2.68 bits per heavy atom. The van der Waals surface area contributed by atoms with Crippen molar-refractivity contribution in [2.24, 2.45) is 4.99 Å². The largest absolute Gasteiger partial charge is 0.368 e. The smallest absolute Gasteiger partial charge is 0.194 e. The van der Waals surface area contributed by atoms with Gasteiger partial charge in [-0.15, -0.1) is 35.3 Å². The van der Waals surface area contributed by atoms with E-state index in [0.717, 1.165) is 54.4 Å². The molecule has 136 valence electrons. The molecular weight excluding hydrogens is 469 g/mol. The molecule has 1 fully saturated rings. The van der Waals surface area contributed by atoms with Gasteiger partial charge in [0.15, 0.2) is 5.96 Å². The van der Waals surface area contributed by atoms with Gasteiger partial charge in [-0.1, -0.05) is 17.7 Å². The second kappa shape index (κ2) is 9.59. The minimum atomic E-state index is 0. The summed E-state index contributed by atoms with van der Waals surface area (Å²) in [6.07, 6.45) is 0. The zero-order valence-electron chi connectivity index (χ0n) is 14.4. The van der Waals surface area contributed by atoms with Gasteiger partial charge in [-0.2, -0.15) is 0 Å². The van der Waals surface area contributed by atoms with E-state index in [1.54, 1.807) is 11.3 Å². The highest BCUT2D eigenvalue weighted by Crippen LogP contribution is 2.20. The molecule has 1 saturated heterocycles. The lowest BCUT2D eigenvalue weighted by molar-refractivity contribution is 0.372. The standard InChI is InChI=1S/C17H22ClN5S.HI/c1-13-12-24-16(21-13)11-20-17(19-2)23-8-6-22(7-9-23)15-5-3-4-14(18)10-15;/h3-5,10,12H,6-9,11H2,1-2H3,(H,19,20);1H. The van der Waals surface area contributed by atoms with E-state index in [1.165, 1.54) is 5.69 Å². The van der Waals surface area contributed by atoms with Crippen LogP contribution in [-0.2, 0) is 6.54 Å². The SMILES string of the molecule is CN=C(NCc1nc(C)cs1)N1CCN(c2cccc(Cl)c2)CC1.I.